The van der Waals surface area contributed by atoms with E-state index in [0.717, 1.165) is 50.4 Å². The Kier molecular flexibility index (Phi) is 9.40. The van der Waals surface area contributed by atoms with E-state index in [4.69, 9.17) is 4.74 Å². The van der Waals surface area contributed by atoms with Crippen molar-refractivity contribution < 1.29 is 13.5 Å². The number of rotatable bonds is 9. The van der Waals surface area contributed by atoms with Gasteiger partial charge in [0, 0.05) is 0 Å². The van der Waals surface area contributed by atoms with Gasteiger partial charge in [-0.05, 0) is 124 Å². The van der Waals surface area contributed by atoms with Gasteiger partial charge in [-0.1, -0.05) is 49.4 Å². The Morgan fingerprint density at radius 2 is 1.49 bits per heavy atom. The van der Waals surface area contributed by atoms with E-state index in [1.807, 2.05) is 0 Å². The van der Waals surface area contributed by atoms with Crippen molar-refractivity contribution in [2.45, 2.75) is 96.3 Å². The Hall–Kier alpha value is -2.16. The molecule has 0 unspecified atom stereocenters. The third-order valence-corrected chi connectivity index (χ3v) is 8.44. The molecule has 2 aromatic carbocycles. The van der Waals surface area contributed by atoms with Gasteiger partial charge in [0.1, 0.15) is 0 Å². The maximum absolute atomic E-state index is 14.6. The summed E-state index contributed by atoms with van der Waals surface area (Å²) in [5.74, 6) is 0.765. The molecule has 2 saturated carbocycles. The molecule has 0 spiro atoms. The van der Waals surface area contributed by atoms with E-state index in [0.29, 0.717) is 18.1 Å². The number of benzene rings is 2. The molecule has 0 amide bonds. The lowest BCUT2D eigenvalue weighted by molar-refractivity contribution is 0.297. The zero-order chi connectivity index (χ0) is 24.6. The van der Waals surface area contributed by atoms with Gasteiger partial charge in [0.15, 0.2) is 11.6 Å². The summed E-state index contributed by atoms with van der Waals surface area (Å²) in [4.78, 5) is 0. The molecule has 0 saturated heterocycles. The standard InChI is InChI=1S/C32H42F2O/c1-3-23-9-15-26(16-10-23)27-17-11-24(12-18-27)7-5-6-8-25-13-19-28(20-14-25)29-21-22-30(35-4-2)32(34)31(29)33/h5,7,9-10,15-16,21-22,24-25,27-28H,3-4,6,8,11-14,17-20H2,1-2H3/b7-5+. The zero-order valence-corrected chi connectivity index (χ0v) is 21.6. The topological polar surface area (TPSA) is 9.23 Å². The zero-order valence-electron chi connectivity index (χ0n) is 21.6. The van der Waals surface area contributed by atoms with Crippen LogP contribution >= 0.6 is 0 Å². The first kappa shape index (κ1) is 25.9. The molecule has 0 heterocycles. The van der Waals surface area contributed by atoms with Crippen LogP contribution in [-0.2, 0) is 6.42 Å². The second-order valence-electron chi connectivity index (χ2n) is 10.6. The van der Waals surface area contributed by atoms with Crippen molar-refractivity contribution in [1.29, 1.82) is 0 Å². The molecule has 2 aliphatic carbocycles. The summed E-state index contributed by atoms with van der Waals surface area (Å²) in [6.45, 7) is 4.33. The van der Waals surface area contributed by atoms with Gasteiger partial charge < -0.3 is 4.74 Å². The number of hydrogen-bond donors (Lipinski definition) is 0. The van der Waals surface area contributed by atoms with Crippen molar-refractivity contribution in [2.75, 3.05) is 6.61 Å². The summed E-state index contributed by atoms with van der Waals surface area (Å²) in [6.07, 6.45) is 17.6. The molecule has 2 fully saturated rings. The maximum Gasteiger partial charge on any atom is 0.200 e. The van der Waals surface area contributed by atoms with Gasteiger partial charge in [-0.2, -0.15) is 4.39 Å². The minimum atomic E-state index is -0.833. The molecule has 0 aromatic heterocycles. The Bertz CT molecular complexity index is 948. The number of ether oxygens (including phenoxy) is 1. The van der Waals surface area contributed by atoms with Crippen LogP contribution in [0.5, 0.6) is 5.75 Å². The Labute approximate surface area is 211 Å². The fourth-order valence-electron chi connectivity index (χ4n) is 6.18. The van der Waals surface area contributed by atoms with Crippen molar-refractivity contribution in [3.8, 4) is 5.75 Å². The van der Waals surface area contributed by atoms with Crippen LogP contribution in [0.1, 0.15) is 107 Å². The predicted octanol–water partition coefficient (Wildman–Crippen LogP) is 9.51. The second kappa shape index (κ2) is 12.7. The monoisotopic (exact) mass is 480 g/mol. The highest BCUT2D eigenvalue weighted by Crippen LogP contribution is 2.40. The Morgan fingerprint density at radius 3 is 2.14 bits per heavy atom. The fourth-order valence-corrected chi connectivity index (χ4v) is 6.18. The van der Waals surface area contributed by atoms with Crippen molar-refractivity contribution in [3.63, 3.8) is 0 Å². The van der Waals surface area contributed by atoms with E-state index in [2.05, 4.69) is 43.3 Å². The van der Waals surface area contributed by atoms with Gasteiger partial charge in [0.2, 0.25) is 5.82 Å². The van der Waals surface area contributed by atoms with Crippen molar-refractivity contribution >= 4 is 0 Å². The largest absolute Gasteiger partial charge is 0.491 e. The molecule has 1 nitrogen and oxygen atoms in total. The molecule has 2 aliphatic rings. The van der Waals surface area contributed by atoms with Gasteiger partial charge in [-0.3, -0.25) is 0 Å². The fraction of sp³-hybridized carbons (Fsp3) is 0.562. The van der Waals surface area contributed by atoms with E-state index < -0.39 is 11.6 Å². The summed E-state index contributed by atoms with van der Waals surface area (Å²) in [5.41, 5.74) is 3.48. The maximum atomic E-state index is 14.6. The summed E-state index contributed by atoms with van der Waals surface area (Å²) in [6, 6.07) is 12.6. The first-order valence-corrected chi connectivity index (χ1v) is 13.9. The van der Waals surface area contributed by atoms with Crippen LogP contribution < -0.4 is 4.74 Å². The number of halogens is 2. The van der Waals surface area contributed by atoms with Crippen LogP contribution in [0.4, 0.5) is 8.78 Å². The molecule has 0 aliphatic heterocycles. The lowest BCUT2D eigenvalue weighted by atomic mass is 9.76. The summed E-state index contributed by atoms with van der Waals surface area (Å²) >= 11 is 0. The minimum absolute atomic E-state index is 0.0216. The first-order chi connectivity index (χ1) is 17.1. The van der Waals surface area contributed by atoms with Gasteiger partial charge in [0.25, 0.3) is 0 Å². The third-order valence-electron chi connectivity index (χ3n) is 8.44. The van der Waals surface area contributed by atoms with Crippen LogP contribution in [0.15, 0.2) is 48.6 Å². The van der Waals surface area contributed by atoms with Crippen LogP contribution in [0.2, 0.25) is 0 Å². The van der Waals surface area contributed by atoms with E-state index in [1.165, 1.54) is 43.2 Å². The van der Waals surface area contributed by atoms with Crippen LogP contribution in [0, 0.1) is 23.5 Å². The van der Waals surface area contributed by atoms with E-state index in [1.54, 1.807) is 19.1 Å². The minimum Gasteiger partial charge on any atom is -0.491 e. The Morgan fingerprint density at radius 1 is 0.800 bits per heavy atom. The Balaban J connectivity index is 1.16. The van der Waals surface area contributed by atoms with E-state index >= 15 is 0 Å². The van der Waals surface area contributed by atoms with Crippen molar-refractivity contribution in [1.82, 2.24) is 0 Å². The first-order valence-electron chi connectivity index (χ1n) is 13.9. The lowest BCUT2D eigenvalue weighted by Gasteiger charge is -2.29. The highest BCUT2D eigenvalue weighted by molar-refractivity contribution is 5.33. The van der Waals surface area contributed by atoms with E-state index in [9.17, 15) is 8.78 Å². The second-order valence-corrected chi connectivity index (χ2v) is 10.6. The van der Waals surface area contributed by atoms with Gasteiger partial charge >= 0.3 is 0 Å². The van der Waals surface area contributed by atoms with Crippen molar-refractivity contribution in [2.24, 2.45) is 11.8 Å². The molecule has 0 N–H and O–H groups in total. The van der Waals surface area contributed by atoms with Crippen LogP contribution in [-0.4, -0.2) is 6.61 Å². The smallest absolute Gasteiger partial charge is 0.200 e. The highest BCUT2D eigenvalue weighted by Gasteiger charge is 2.26. The van der Waals surface area contributed by atoms with Crippen LogP contribution in [0.25, 0.3) is 0 Å². The van der Waals surface area contributed by atoms with Gasteiger partial charge in [0.05, 0.1) is 6.61 Å². The normalized spacial score (nSPS) is 25.1. The summed E-state index contributed by atoms with van der Waals surface area (Å²) in [5, 5.41) is 0. The number of allylic oxidation sites excluding steroid dienone is 2. The molecule has 4 rings (SSSR count). The molecule has 0 bridgehead atoms. The third kappa shape index (κ3) is 6.74. The summed E-state index contributed by atoms with van der Waals surface area (Å²) in [7, 11) is 0. The SMILES string of the molecule is CCOc1ccc(C2CCC(CC/C=C/C3CCC(c4ccc(CC)cc4)CC3)CC2)c(F)c1F. The van der Waals surface area contributed by atoms with Crippen LogP contribution in [0.3, 0.4) is 0 Å². The molecular formula is C32H42F2O. The molecular weight excluding hydrogens is 438 g/mol. The molecule has 190 valence electrons. The van der Waals surface area contributed by atoms with Crippen molar-refractivity contribution in [3.05, 3.63) is 76.9 Å². The molecule has 3 heteroatoms. The van der Waals surface area contributed by atoms with Gasteiger partial charge in [-0.15, -0.1) is 0 Å². The average molecular weight is 481 g/mol. The average Bonchev–Trinajstić information content (AvgIpc) is 2.90. The molecule has 0 radical (unpaired) electrons. The number of hydrogen-bond acceptors (Lipinski definition) is 1. The molecule has 2 aromatic rings. The lowest BCUT2D eigenvalue weighted by Crippen LogP contribution is -2.15. The van der Waals surface area contributed by atoms with Gasteiger partial charge in [-0.25, -0.2) is 4.39 Å². The quantitative estimate of drug-likeness (QED) is 0.325. The van der Waals surface area contributed by atoms with E-state index in [-0.39, 0.29) is 11.7 Å². The molecule has 35 heavy (non-hydrogen) atoms. The predicted molar refractivity (Wildman–Crippen MR) is 141 cm³/mol. The highest BCUT2D eigenvalue weighted by atomic mass is 19.2. The summed E-state index contributed by atoms with van der Waals surface area (Å²) < 4.78 is 34.0. The number of aryl methyl sites for hydroxylation is 1. The molecule has 0 atom stereocenters.